The number of aryl methyl sites for hydroxylation is 1. The standard InChI is InChI=1S/C17H21FN2O/c1-19-15(9-8-13-5-4-10-20-12-13)11-14-6-3-7-16(21-2)17(14)18/h3-7,10,12,15,19H,8-9,11H2,1-2H3. The quantitative estimate of drug-likeness (QED) is 0.850. The van der Waals surface area contributed by atoms with Crippen LogP contribution in [-0.2, 0) is 12.8 Å². The average Bonchev–Trinajstić information content (AvgIpc) is 2.54. The van der Waals surface area contributed by atoms with Crippen LogP contribution in [0, 0.1) is 5.82 Å². The van der Waals surface area contributed by atoms with Crippen LogP contribution >= 0.6 is 0 Å². The van der Waals surface area contributed by atoms with Crippen molar-refractivity contribution in [1.82, 2.24) is 10.3 Å². The van der Waals surface area contributed by atoms with Gasteiger partial charge in [-0.05, 0) is 49.6 Å². The topological polar surface area (TPSA) is 34.2 Å². The van der Waals surface area contributed by atoms with Gasteiger partial charge in [0.15, 0.2) is 11.6 Å². The summed E-state index contributed by atoms with van der Waals surface area (Å²) < 4.78 is 19.2. The van der Waals surface area contributed by atoms with Gasteiger partial charge in [-0.2, -0.15) is 0 Å². The number of likely N-dealkylation sites (N-methyl/N-ethyl adjacent to an activating group) is 1. The van der Waals surface area contributed by atoms with Crippen molar-refractivity contribution < 1.29 is 9.13 Å². The first-order valence-electron chi connectivity index (χ1n) is 7.12. The molecule has 0 aliphatic rings. The third-order valence-corrected chi connectivity index (χ3v) is 3.64. The molecule has 2 rings (SSSR count). The van der Waals surface area contributed by atoms with Gasteiger partial charge >= 0.3 is 0 Å². The molecule has 1 N–H and O–H groups in total. The van der Waals surface area contributed by atoms with Gasteiger partial charge in [-0.1, -0.05) is 18.2 Å². The summed E-state index contributed by atoms with van der Waals surface area (Å²) in [5.74, 6) is 0.0382. The molecule has 3 nitrogen and oxygen atoms in total. The van der Waals surface area contributed by atoms with E-state index in [1.165, 1.54) is 12.7 Å². The van der Waals surface area contributed by atoms with E-state index in [1.54, 1.807) is 12.3 Å². The summed E-state index contributed by atoms with van der Waals surface area (Å²) in [4.78, 5) is 4.11. The highest BCUT2D eigenvalue weighted by atomic mass is 19.1. The molecule has 4 heteroatoms. The maximum atomic E-state index is 14.2. The molecule has 2 aromatic rings. The molecule has 0 radical (unpaired) electrons. The van der Waals surface area contributed by atoms with E-state index >= 15 is 0 Å². The first kappa shape index (κ1) is 15.4. The van der Waals surface area contributed by atoms with E-state index in [-0.39, 0.29) is 11.9 Å². The van der Waals surface area contributed by atoms with Crippen LogP contribution in [0.25, 0.3) is 0 Å². The highest BCUT2D eigenvalue weighted by Crippen LogP contribution is 2.21. The van der Waals surface area contributed by atoms with E-state index in [9.17, 15) is 4.39 Å². The van der Waals surface area contributed by atoms with E-state index in [0.29, 0.717) is 17.7 Å². The molecule has 0 spiro atoms. The first-order valence-corrected chi connectivity index (χ1v) is 7.12. The summed E-state index contributed by atoms with van der Waals surface area (Å²) in [6, 6.07) is 9.49. The fourth-order valence-corrected chi connectivity index (χ4v) is 2.37. The van der Waals surface area contributed by atoms with Gasteiger partial charge < -0.3 is 10.1 Å². The summed E-state index contributed by atoms with van der Waals surface area (Å²) in [7, 11) is 3.39. The average molecular weight is 288 g/mol. The largest absolute Gasteiger partial charge is 0.494 e. The minimum absolute atomic E-state index is 0.215. The second-order valence-corrected chi connectivity index (χ2v) is 5.02. The zero-order valence-electron chi connectivity index (χ0n) is 12.5. The normalized spacial score (nSPS) is 12.1. The summed E-state index contributed by atoms with van der Waals surface area (Å²) in [6.07, 6.45) is 6.13. The lowest BCUT2D eigenvalue weighted by Crippen LogP contribution is -2.28. The number of pyridine rings is 1. The van der Waals surface area contributed by atoms with E-state index in [0.717, 1.165) is 12.8 Å². The Kier molecular flexibility index (Phi) is 5.69. The SMILES string of the molecule is CNC(CCc1cccnc1)Cc1cccc(OC)c1F. The van der Waals surface area contributed by atoms with Crippen LogP contribution in [-0.4, -0.2) is 25.2 Å². The molecule has 1 atom stereocenters. The van der Waals surface area contributed by atoms with Crippen LogP contribution < -0.4 is 10.1 Å². The van der Waals surface area contributed by atoms with Gasteiger partial charge in [-0.3, -0.25) is 4.98 Å². The van der Waals surface area contributed by atoms with Crippen molar-refractivity contribution in [3.05, 3.63) is 59.7 Å². The molecule has 0 fully saturated rings. The summed E-state index contributed by atoms with van der Waals surface area (Å²) >= 11 is 0. The van der Waals surface area contributed by atoms with Gasteiger partial charge in [-0.15, -0.1) is 0 Å². The van der Waals surface area contributed by atoms with E-state index < -0.39 is 0 Å². The Morgan fingerprint density at radius 3 is 2.81 bits per heavy atom. The molecule has 0 bridgehead atoms. The Bertz CT molecular complexity index is 560. The molecular weight excluding hydrogens is 267 g/mol. The minimum atomic E-state index is -0.262. The Hall–Kier alpha value is -1.94. The fourth-order valence-electron chi connectivity index (χ4n) is 2.37. The Labute approximate surface area is 125 Å². The molecule has 112 valence electrons. The molecule has 1 aromatic carbocycles. The Morgan fingerprint density at radius 2 is 2.14 bits per heavy atom. The van der Waals surface area contributed by atoms with Gasteiger partial charge in [-0.25, -0.2) is 4.39 Å². The van der Waals surface area contributed by atoms with Crippen LogP contribution in [0.5, 0.6) is 5.75 Å². The maximum Gasteiger partial charge on any atom is 0.168 e. The van der Waals surface area contributed by atoms with Gasteiger partial charge in [0, 0.05) is 18.4 Å². The van der Waals surface area contributed by atoms with Crippen molar-refractivity contribution >= 4 is 0 Å². The van der Waals surface area contributed by atoms with Crippen LogP contribution in [0.1, 0.15) is 17.5 Å². The van der Waals surface area contributed by atoms with Crippen molar-refractivity contribution in [2.75, 3.05) is 14.2 Å². The van der Waals surface area contributed by atoms with Crippen LogP contribution in [0.4, 0.5) is 4.39 Å². The lowest BCUT2D eigenvalue weighted by Gasteiger charge is -2.17. The van der Waals surface area contributed by atoms with E-state index in [4.69, 9.17) is 4.74 Å². The number of rotatable bonds is 7. The van der Waals surface area contributed by atoms with Crippen LogP contribution in [0.2, 0.25) is 0 Å². The number of ether oxygens (including phenoxy) is 1. The molecule has 1 heterocycles. The molecular formula is C17H21FN2O. The van der Waals surface area contributed by atoms with Crippen LogP contribution in [0.3, 0.4) is 0 Å². The summed E-state index contributed by atoms with van der Waals surface area (Å²) in [5.41, 5.74) is 1.88. The highest BCUT2D eigenvalue weighted by Gasteiger charge is 2.13. The molecule has 1 aromatic heterocycles. The third kappa shape index (κ3) is 4.26. The lowest BCUT2D eigenvalue weighted by molar-refractivity contribution is 0.382. The van der Waals surface area contributed by atoms with Gasteiger partial charge in [0.05, 0.1) is 7.11 Å². The van der Waals surface area contributed by atoms with Crippen LogP contribution in [0.15, 0.2) is 42.7 Å². The van der Waals surface area contributed by atoms with Crippen molar-refractivity contribution in [3.63, 3.8) is 0 Å². The summed E-state index contributed by atoms with van der Waals surface area (Å²) in [5, 5.41) is 3.26. The highest BCUT2D eigenvalue weighted by molar-refractivity contribution is 5.31. The lowest BCUT2D eigenvalue weighted by atomic mass is 9.99. The maximum absolute atomic E-state index is 14.2. The van der Waals surface area contributed by atoms with E-state index in [1.807, 2.05) is 31.4 Å². The summed E-state index contributed by atoms with van der Waals surface area (Å²) in [6.45, 7) is 0. The van der Waals surface area contributed by atoms with Crippen molar-refractivity contribution in [3.8, 4) is 5.75 Å². The Morgan fingerprint density at radius 1 is 1.29 bits per heavy atom. The molecule has 0 aliphatic heterocycles. The van der Waals surface area contributed by atoms with Gasteiger partial charge in [0.1, 0.15) is 0 Å². The Balaban J connectivity index is 1.99. The monoisotopic (exact) mass is 288 g/mol. The van der Waals surface area contributed by atoms with Gasteiger partial charge in [0.2, 0.25) is 0 Å². The first-order chi connectivity index (χ1) is 10.2. The molecule has 0 saturated heterocycles. The predicted molar refractivity (Wildman–Crippen MR) is 82.1 cm³/mol. The number of methoxy groups -OCH3 is 1. The number of benzene rings is 1. The molecule has 21 heavy (non-hydrogen) atoms. The third-order valence-electron chi connectivity index (χ3n) is 3.64. The van der Waals surface area contributed by atoms with Crippen molar-refractivity contribution in [2.45, 2.75) is 25.3 Å². The minimum Gasteiger partial charge on any atom is -0.494 e. The second kappa shape index (κ2) is 7.74. The molecule has 0 amide bonds. The second-order valence-electron chi connectivity index (χ2n) is 5.02. The smallest absolute Gasteiger partial charge is 0.168 e. The molecule has 0 saturated carbocycles. The number of halogens is 1. The zero-order chi connectivity index (χ0) is 15.1. The van der Waals surface area contributed by atoms with Crippen molar-refractivity contribution in [1.29, 1.82) is 0 Å². The molecule has 0 aliphatic carbocycles. The number of aromatic nitrogens is 1. The van der Waals surface area contributed by atoms with E-state index in [2.05, 4.69) is 16.4 Å². The number of nitrogens with one attached hydrogen (secondary N) is 1. The van der Waals surface area contributed by atoms with Gasteiger partial charge in [0.25, 0.3) is 0 Å². The fraction of sp³-hybridized carbons (Fsp3) is 0.353. The predicted octanol–water partition coefficient (Wildman–Crippen LogP) is 2.99. The molecule has 1 unspecified atom stereocenters. The number of hydrogen-bond donors (Lipinski definition) is 1. The van der Waals surface area contributed by atoms with Crippen molar-refractivity contribution in [2.24, 2.45) is 0 Å². The zero-order valence-corrected chi connectivity index (χ0v) is 12.5. The number of hydrogen-bond acceptors (Lipinski definition) is 3. The number of nitrogens with zero attached hydrogens (tertiary/aromatic N) is 1.